The number of hydrogen-bond donors (Lipinski definition) is 3. The number of nitrogens with one attached hydrogen (secondary N) is 1. The molecule has 0 spiro atoms. The number of phosphoric acid groups is 1. The van der Waals surface area contributed by atoms with Gasteiger partial charge >= 0.3 is 7.82 Å². The predicted octanol–water partition coefficient (Wildman–Crippen LogP) is 6.68. The highest BCUT2D eigenvalue weighted by atomic mass is 31.2. The lowest BCUT2D eigenvalue weighted by atomic mass is 10.1. The molecule has 0 radical (unpaired) electrons. The molecule has 230 valence electrons. The zero-order chi connectivity index (χ0) is 29.4. The largest absolute Gasteiger partial charge is 0.472 e. The minimum atomic E-state index is -4.32. The first-order valence-electron chi connectivity index (χ1n) is 15.2. The summed E-state index contributed by atoms with van der Waals surface area (Å²) < 4.78 is 23.2. The number of hydrogen-bond acceptors (Lipinski definition) is 5. The van der Waals surface area contributed by atoms with Crippen LogP contribution in [-0.2, 0) is 18.4 Å². The molecule has 3 atom stereocenters. The van der Waals surface area contributed by atoms with Crippen LogP contribution >= 0.6 is 7.82 Å². The standard InChI is InChI=1S/C30H59N2O6P/c1-6-8-10-12-14-15-16-18-19-21-23-29(33)28(27-38-39(35,36)37-26-25-32(3,4)5)31-30(34)24-22-20-17-13-11-9-7-2/h18-19,21,23,28-29,33H,6-17,20,22,24-27H2,1-5H3,(H-,31,34,35,36)/p+1/b19-18+,23-21+/t28-,29+/m0/s1. The third kappa shape index (κ3) is 25.7. The van der Waals surface area contributed by atoms with Gasteiger partial charge in [0.2, 0.25) is 5.91 Å². The quantitative estimate of drug-likeness (QED) is 0.0460. The molecule has 8 nitrogen and oxygen atoms in total. The van der Waals surface area contributed by atoms with Crippen molar-refractivity contribution in [3.8, 4) is 0 Å². The minimum Gasteiger partial charge on any atom is -0.387 e. The van der Waals surface area contributed by atoms with Gasteiger partial charge in [-0.15, -0.1) is 0 Å². The molecule has 0 fully saturated rings. The Balaban J connectivity index is 4.79. The smallest absolute Gasteiger partial charge is 0.387 e. The summed E-state index contributed by atoms with van der Waals surface area (Å²) in [7, 11) is 1.54. The third-order valence-electron chi connectivity index (χ3n) is 6.48. The van der Waals surface area contributed by atoms with E-state index in [-0.39, 0.29) is 19.1 Å². The van der Waals surface area contributed by atoms with Crippen LogP contribution in [0.15, 0.2) is 24.3 Å². The molecule has 0 aliphatic carbocycles. The number of phosphoric ester groups is 1. The van der Waals surface area contributed by atoms with Gasteiger partial charge in [0.05, 0.1) is 39.9 Å². The van der Waals surface area contributed by atoms with Gasteiger partial charge in [0.1, 0.15) is 13.2 Å². The second-order valence-corrected chi connectivity index (χ2v) is 13.0. The van der Waals surface area contributed by atoms with Crippen LogP contribution in [0, 0.1) is 0 Å². The van der Waals surface area contributed by atoms with Gasteiger partial charge in [0, 0.05) is 6.42 Å². The average Bonchev–Trinajstić information content (AvgIpc) is 2.86. The predicted molar refractivity (Wildman–Crippen MR) is 161 cm³/mol. The van der Waals surface area contributed by atoms with Gasteiger partial charge in [-0.3, -0.25) is 13.8 Å². The zero-order valence-electron chi connectivity index (χ0n) is 25.6. The molecule has 0 bridgehead atoms. The highest BCUT2D eigenvalue weighted by Gasteiger charge is 2.27. The lowest BCUT2D eigenvalue weighted by Gasteiger charge is -2.25. The van der Waals surface area contributed by atoms with Crippen molar-refractivity contribution in [2.24, 2.45) is 0 Å². The summed E-state index contributed by atoms with van der Waals surface area (Å²) in [6, 6.07) is -0.868. The minimum absolute atomic E-state index is 0.0540. The van der Waals surface area contributed by atoms with E-state index in [1.54, 1.807) is 12.2 Å². The number of allylic oxidation sites excluding steroid dienone is 3. The fourth-order valence-corrected chi connectivity index (χ4v) is 4.65. The van der Waals surface area contributed by atoms with Crippen molar-refractivity contribution in [1.82, 2.24) is 5.32 Å². The lowest BCUT2D eigenvalue weighted by Crippen LogP contribution is -2.45. The number of quaternary nitrogens is 1. The first-order chi connectivity index (χ1) is 18.5. The first-order valence-corrected chi connectivity index (χ1v) is 16.7. The normalized spacial score (nSPS) is 15.6. The number of nitrogens with zero attached hydrogens (tertiary/aromatic N) is 1. The Morgan fingerprint density at radius 3 is 2.03 bits per heavy atom. The van der Waals surface area contributed by atoms with E-state index in [1.165, 1.54) is 57.8 Å². The molecule has 0 aromatic carbocycles. The van der Waals surface area contributed by atoms with Crippen LogP contribution in [0.2, 0.25) is 0 Å². The fourth-order valence-electron chi connectivity index (χ4n) is 3.92. The van der Waals surface area contributed by atoms with E-state index in [0.717, 1.165) is 32.1 Å². The Labute approximate surface area is 239 Å². The van der Waals surface area contributed by atoms with E-state index in [2.05, 4.69) is 25.2 Å². The molecule has 0 saturated carbocycles. The Kier molecular flexibility index (Phi) is 23.0. The molecule has 9 heteroatoms. The Morgan fingerprint density at radius 1 is 0.872 bits per heavy atom. The van der Waals surface area contributed by atoms with Crippen LogP contribution in [0.3, 0.4) is 0 Å². The number of amides is 1. The molecule has 1 unspecified atom stereocenters. The van der Waals surface area contributed by atoms with Crippen molar-refractivity contribution in [3.63, 3.8) is 0 Å². The fraction of sp³-hybridized carbons (Fsp3) is 0.833. The van der Waals surface area contributed by atoms with E-state index < -0.39 is 20.0 Å². The SMILES string of the molecule is CCCCCCCC/C=C/C=C/[C@@H](O)[C@H](COP(=O)(O)OCC[N+](C)(C)C)NC(=O)CCCCCCCCC. The summed E-state index contributed by atoms with van der Waals surface area (Å²) >= 11 is 0. The van der Waals surface area contributed by atoms with Crippen LogP contribution in [0.5, 0.6) is 0 Å². The van der Waals surface area contributed by atoms with Crippen LogP contribution in [0.1, 0.15) is 110 Å². The maximum Gasteiger partial charge on any atom is 0.472 e. The van der Waals surface area contributed by atoms with Crippen molar-refractivity contribution in [2.75, 3.05) is 40.9 Å². The second kappa shape index (κ2) is 23.7. The summed E-state index contributed by atoms with van der Waals surface area (Å²) in [5, 5.41) is 13.5. The number of aliphatic hydroxyl groups is 1. The molecule has 0 aliphatic rings. The molecule has 0 aromatic rings. The van der Waals surface area contributed by atoms with Crippen molar-refractivity contribution < 1.29 is 32.9 Å². The first kappa shape index (κ1) is 38.0. The van der Waals surface area contributed by atoms with Crippen molar-refractivity contribution in [1.29, 1.82) is 0 Å². The summed E-state index contributed by atoms with van der Waals surface area (Å²) in [6.07, 6.45) is 22.7. The summed E-state index contributed by atoms with van der Waals surface area (Å²) in [5.74, 6) is -0.207. The van der Waals surface area contributed by atoms with E-state index >= 15 is 0 Å². The van der Waals surface area contributed by atoms with Crippen LogP contribution < -0.4 is 5.32 Å². The number of likely N-dealkylation sites (N-methyl/N-ethyl adjacent to an activating group) is 1. The average molecular weight is 576 g/mol. The number of unbranched alkanes of at least 4 members (excludes halogenated alkanes) is 12. The van der Waals surface area contributed by atoms with Crippen molar-refractivity contribution in [2.45, 2.75) is 122 Å². The van der Waals surface area contributed by atoms with Gasteiger partial charge in [0.25, 0.3) is 0 Å². The molecular formula is C30H60N2O6P+. The van der Waals surface area contributed by atoms with E-state index in [4.69, 9.17) is 9.05 Å². The van der Waals surface area contributed by atoms with E-state index in [1.807, 2.05) is 27.2 Å². The summed E-state index contributed by atoms with van der Waals surface area (Å²) in [6.45, 7) is 4.65. The highest BCUT2D eigenvalue weighted by Crippen LogP contribution is 2.43. The maximum absolute atomic E-state index is 12.6. The van der Waals surface area contributed by atoms with Crippen molar-refractivity contribution in [3.05, 3.63) is 24.3 Å². The van der Waals surface area contributed by atoms with E-state index in [0.29, 0.717) is 17.4 Å². The number of rotatable bonds is 26. The molecule has 3 N–H and O–H groups in total. The summed E-state index contributed by atoms with van der Waals surface area (Å²) in [4.78, 5) is 22.6. The maximum atomic E-state index is 12.6. The Hall–Kier alpha value is -1.02. The monoisotopic (exact) mass is 575 g/mol. The topological polar surface area (TPSA) is 105 Å². The highest BCUT2D eigenvalue weighted by molar-refractivity contribution is 7.47. The van der Waals surface area contributed by atoms with E-state index in [9.17, 15) is 19.4 Å². The molecular weight excluding hydrogens is 515 g/mol. The number of carbonyl (C=O) groups is 1. The van der Waals surface area contributed by atoms with Gasteiger partial charge in [0.15, 0.2) is 0 Å². The molecule has 0 heterocycles. The summed E-state index contributed by atoms with van der Waals surface area (Å²) in [5.41, 5.74) is 0. The van der Waals surface area contributed by atoms with Gasteiger partial charge in [-0.25, -0.2) is 4.57 Å². The molecule has 0 aromatic heterocycles. The second-order valence-electron chi connectivity index (χ2n) is 11.5. The molecule has 0 saturated heterocycles. The molecule has 0 aliphatic heterocycles. The zero-order valence-corrected chi connectivity index (χ0v) is 26.5. The van der Waals surface area contributed by atoms with Gasteiger partial charge in [-0.05, 0) is 19.3 Å². The lowest BCUT2D eigenvalue weighted by molar-refractivity contribution is -0.870. The van der Waals surface area contributed by atoms with Crippen LogP contribution in [0.4, 0.5) is 0 Å². The number of carbonyl (C=O) groups excluding carboxylic acids is 1. The molecule has 39 heavy (non-hydrogen) atoms. The van der Waals surface area contributed by atoms with Gasteiger partial charge in [-0.2, -0.15) is 0 Å². The van der Waals surface area contributed by atoms with Crippen molar-refractivity contribution >= 4 is 13.7 Å². The Bertz CT molecular complexity index is 708. The number of aliphatic hydroxyl groups excluding tert-OH is 1. The molecule has 1 amide bonds. The van der Waals surface area contributed by atoms with Gasteiger partial charge < -0.3 is 19.8 Å². The van der Waals surface area contributed by atoms with Crippen LogP contribution in [-0.4, -0.2) is 73.4 Å². The Morgan fingerprint density at radius 2 is 1.44 bits per heavy atom. The van der Waals surface area contributed by atoms with Gasteiger partial charge in [-0.1, -0.05) is 109 Å². The third-order valence-corrected chi connectivity index (χ3v) is 7.46. The molecule has 0 rings (SSSR count). The van der Waals surface area contributed by atoms with Crippen LogP contribution in [0.25, 0.3) is 0 Å².